The van der Waals surface area contributed by atoms with E-state index in [1.54, 1.807) is 0 Å². The summed E-state index contributed by atoms with van der Waals surface area (Å²) in [6.45, 7) is 2.15. The van der Waals surface area contributed by atoms with E-state index >= 15 is 0 Å². The minimum Gasteiger partial charge on any atom is -0.324 e. The summed E-state index contributed by atoms with van der Waals surface area (Å²) >= 11 is 1.83. The molecule has 0 radical (unpaired) electrons. The smallest absolute Gasteiger partial charge is 0.239 e. The number of nitrogens with zero attached hydrogens (tertiary/aromatic N) is 3. The number of carbonyl (C=O) groups excluding carboxylic acids is 1. The maximum atomic E-state index is 13.2. The van der Waals surface area contributed by atoms with Crippen molar-refractivity contribution in [1.82, 2.24) is 9.97 Å². The van der Waals surface area contributed by atoms with Gasteiger partial charge in [-0.2, -0.15) is 4.98 Å². The molecule has 1 amide bonds. The van der Waals surface area contributed by atoms with Gasteiger partial charge in [-0.25, -0.2) is 4.98 Å². The highest BCUT2D eigenvalue weighted by Gasteiger charge is 2.61. The van der Waals surface area contributed by atoms with Gasteiger partial charge in [-0.05, 0) is 55.7 Å². The third kappa shape index (κ3) is 2.98. The minimum absolute atomic E-state index is 0.266. The van der Waals surface area contributed by atoms with Crippen LogP contribution in [0.1, 0.15) is 57.4 Å². The molecule has 146 valence electrons. The van der Waals surface area contributed by atoms with E-state index in [-0.39, 0.29) is 11.3 Å². The number of thioether (sulfide) groups is 1. The van der Waals surface area contributed by atoms with Gasteiger partial charge >= 0.3 is 0 Å². The Labute approximate surface area is 170 Å². The van der Waals surface area contributed by atoms with E-state index in [0.717, 1.165) is 48.5 Å². The fourth-order valence-electron chi connectivity index (χ4n) is 4.61. The summed E-state index contributed by atoms with van der Waals surface area (Å²) in [5.74, 6) is 2.75. The van der Waals surface area contributed by atoms with E-state index in [2.05, 4.69) is 41.5 Å². The molecule has 1 aliphatic heterocycles. The predicted molar refractivity (Wildman–Crippen MR) is 113 cm³/mol. The lowest BCUT2D eigenvalue weighted by Gasteiger charge is -2.31. The van der Waals surface area contributed by atoms with E-state index in [0.29, 0.717) is 12.0 Å². The number of benzene rings is 1. The summed E-state index contributed by atoms with van der Waals surface area (Å²) in [4.78, 5) is 25.9. The van der Waals surface area contributed by atoms with Gasteiger partial charge in [-0.1, -0.05) is 26.2 Å². The van der Waals surface area contributed by atoms with E-state index in [4.69, 9.17) is 4.98 Å². The summed E-state index contributed by atoms with van der Waals surface area (Å²) < 4.78 is 0. The quantitative estimate of drug-likeness (QED) is 0.720. The van der Waals surface area contributed by atoms with Gasteiger partial charge in [-0.15, -0.1) is 11.8 Å². The third-order valence-electron chi connectivity index (χ3n) is 6.25. The maximum Gasteiger partial charge on any atom is 0.239 e. The lowest BCUT2D eigenvalue weighted by molar-refractivity contribution is -0.120. The monoisotopic (exact) mass is 394 g/mol. The molecule has 2 fully saturated rings. The van der Waals surface area contributed by atoms with Crippen LogP contribution in [0.3, 0.4) is 0 Å². The Balaban J connectivity index is 1.43. The largest absolute Gasteiger partial charge is 0.324 e. The van der Waals surface area contributed by atoms with Gasteiger partial charge in [0, 0.05) is 28.4 Å². The van der Waals surface area contributed by atoms with Crippen molar-refractivity contribution in [2.45, 2.75) is 68.2 Å². The Kier molecular flexibility index (Phi) is 4.54. The van der Waals surface area contributed by atoms with E-state index < -0.39 is 0 Å². The minimum atomic E-state index is -0.315. The van der Waals surface area contributed by atoms with Crippen molar-refractivity contribution >= 4 is 35.1 Å². The molecule has 1 aromatic carbocycles. The molecule has 5 rings (SSSR count). The number of aromatic nitrogens is 2. The lowest BCUT2D eigenvalue weighted by atomic mass is 9.94. The van der Waals surface area contributed by atoms with Crippen molar-refractivity contribution in [2.75, 3.05) is 16.0 Å². The first-order valence-electron chi connectivity index (χ1n) is 10.4. The fourth-order valence-corrected chi connectivity index (χ4v) is 5.27. The SMILES string of the molecule is CCSc1ccc(Nc2ncc3c(n2)N(C2CCCCC2)C(=O)C32CC2)cc1. The maximum absolute atomic E-state index is 13.2. The molecule has 0 saturated heterocycles. The Morgan fingerprint density at radius 2 is 1.93 bits per heavy atom. The molecule has 2 aliphatic carbocycles. The Bertz CT molecular complexity index is 888. The average Bonchev–Trinajstić information content (AvgIpc) is 3.48. The van der Waals surface area contributed by atoms with Crippen LogP contribution < -0.4 is 10.2 Å². The number of anilines is 3. The number of fused-ring (bicyclic) bond motifs is 2. The highest BCUT2D eigenvalue weighted by Crippen LogP contribution is 2.57. The Hall–Kier alpha value is -2.08. The van der Waals surface area contributed by atoms with Crippen molar-refractivity contribution < 1.29 is 4.79 Å². The Morgan fingerprint density at radius 1 is 1.18 bits per heavy atom. The summed E-state index contributed by atoms with van der Waals surface area (Å²) in [6, 6.07) is 8.64. The van der Waals surface area contributed by atoms with Crippen LogP contribution in [0.5, 0.6) is 0 Å². The van der Waals surface area contributed by atoms with E-state index in [1.165, 1.54) is 24.2 Å². The van der Waals surface area contributed by atoms with Gasteiger partial charge in [0.1, 0.15) is 5.82 Å². The molecule has 1 N–H and O–H groups in total. The molecule has 2 heterocycles. The summed E-state index contributed by atoms with van der Waals surface area (Å²) in [5.41, 5.74) is 1.70. The van der Waals surface area contributed by atoms with Crippen LogP contribution in [-0.2, 0) is 10.2 Å². The number of rotatable bonds is 5. The first kappa shape index (κ1) is 18.0. The normalized spacial score (nSPS) is 20.5. The van der Waals surface area contributed by atoms with Gasteiger partial charge in [0.05, 0.1) is 5.41 Å². The highest BCUT2D eigenvalue weighted by atomic mass is 32.2. The van der Waals surface area contributed by atoms with Crippen LogP contribution in [0.2, 0.25) is 0 Å². The van der Waals surface area contributed by atoms with Crippen LogP contribution in [0.15, 0.2) is 35.4 Å². The number of hydrogen-bond donors (Lipinski definition) is 1. The van der Waals surface area contributed by atoms with Gasteiger partial charge < -0.3 is 5.32 Å². The molecule has 3 aliphatic rings. The number of nitrogens with one attached hydrogen (secondary N) is 1. The predicted octanol–water partition coefficient (Wildman–Crippen LogP) is 5.04. The molecule has 2 aromatic rings. The number of amides is 1. The van der Waals surface area contributed by atoms with Crippen LogP contribution in [0.4, 0.5) is 17.5 Å². The van der Waals surface area contributed by atoms with E-state index in [9.17, 15) is 4.79 Å². The van der Waals surface area contributed by atoms with Gasteiger partial charge in [0.25, 0.3) is 0 Å². The second kappa shape index (κ2) is 7.07. The van der Waals surface area contributed by atoms with Crippen LogP contribution in [-0.4, -0.2) is 27.7 Å². The molecule has 5 nitrogen and oxygen atoms in total. The van der Waals surface area contributed by atoms with Crippen molar-refractivity contribution in [3.63, 3.8) is 0 Å². The zero-order valence-electron chi connectivity index (χ0n) is 16.3. The summed E-state index contributed by atoms with van der Waals surface area (Å²) in [7, 11) is 0. The third-order valence-corrected chi connectivity index (χ3v) is 7.15. The Morgan fingerprint density at radius 3 is 2.61 bits per heavy atom. The molecule has 2 saturated carbocycles. The summed E-state index contributed by atoms with van der Waals surface area (Å²) in [5, 5.41) is 3.32. The second-order valence-electron chi connectivity index (χ2n) is 8.06. The first-order chi connectivity index (χ1) is 13.7. The van der Waals surface area contributed by atoms with Gasteiger partial charge in [0.2, 0.25) is 11.9 Å². The number of hydrogen-bond acceptors (Lipinski definition) is 5. The lowest BCUT2D eigenvalue weighted by Crippen LogP contribution is -2.42. The van der Waals surface area contributed by atoms with Crippen molar-refractivity contribution in [1.29, 1.82) is 0 Å². The molecule has 1 aromatic heterocycles. The molecule has 0 atom stereocenters. The topological polar surface area (TPSA) is 58.1 Å². The molecule has 0 bridgehead atoms. The van der Waals surface area contributed by atoms with Gasteiger partial charge in [-0.3, -0.25) is 9.69 Å². The molecular weight excluding hydrogens is 368 g/mol. The van der Waals surface area contributed by atoms with Crippen molar-refractivity contribution in [3.8, 4) is 0 Å². The standard InChI is InChI=1S/C22H26N4OS/c1-2-28-17-10-8-15(9-11-17)24-21-23-14-18-19(25-21)26(16-6-4-3-5-7-16)20(27)22(18)12-13-22/h8-11,14,16H,2-7,12-13H2,1H3,(H,23,24,25). The molecule has 28 heavy (non-hydrogen) atoms. The molecular formula is C22H26N4OS. The van der Waals surface area contributed by atoms with Crippen LogP contribution in [0.25, 0.3) is 0 Å². The first-order valence-corrected chi connectivity index (χ1v) is 11.4. The zero-order valence-corrected chi connectivity index (χ0v) is 17.1. The van der Waals surface area contributed by atoms with Crippen molar-refractivity contribution in [3.05, 3.63) is 36.0 Å². The van der Waals surface area contributed by atoms with Crippen molar-refractivity contribution in [2.24, 2.45) is 0 Å². The summed E-state index contributed by atoms with van der Waals surface area (Å²) in [6.07, 6.45) is 9.63. The van der Waals surface area contributed by atoms with Gasteiger partial charge in [0.15, 0.2) is 0 Å². The molecule has 1 spiro atoms. The molecule has 0 unspecified atom stereocenters. The average molecular weight is 395 g/mol. The zero-order chi connectivity index (χ0) is 19.1. The van der Waals surface area contributed by atoms with Crippen LogP contribution >= 0.6 is 11.8 Å². The van der Waals surface area contributed by atoms with E-state index in [1.807, 2.05) is 22.9 Å². The molecule has 6 heteroatoms. The van der Waals surface area contributed by atoms with Crippen LogP contribution in [0, 0.1) is 0 Å². The fraction of sp³-hybridized carbons (Fsp3) is 0.500. The second-order valence-corrected chi connectivity index (χ2v) is 9.40. The highest BCUT2D eigenvalue weighted by molar-refractivity contribution is 7.99. The number of carbonyl (C=O) groups is 1.